The molecule has 0 heterocycles. The fourth-order valence-corrected chi connectivity index (χ4v) is 12.3. The number of hydrogen-bond acceptors (Lipinski definition) is 0. The molecule has 0 N–H and O–H groups in total. The minimum absolute atomic E-state index is 0.613. The number of benzene rings is 13. The monoisotopic (exact) mass is 950 g/mol. The molecule has 0 nitrogen and oxygen atoms in total. The summed E-state index contributed by atoms with van der Waals surface area (Å²) in [6.07, 6.45) is 0. The maximum atomic E-state index is 2.53. The van der Waals surface area contributed by atoms with Gasteiger partial charge in [-0.1, -0.05) is 273 Å². The molecule has 0 saturated heterocycles. The minimum atomic E-state index is -0.613. The van der Waals surface area contributed by atoms with Gasteiger partial charge in [0.25, 0.3) is 0 Å². The van der Waals surface area contributed by atoms with E-state index in [0.717, 1.165) is 0 Å². The summed E-state index contributed by atoms with van der Waals surface area (Å²) in [6, 6.07) is 112. The molecule has 1 atom stereocenters. The number of rotatable bonds is 9. The zero-order valence-corrected chi connectivity index (χ0v) is 41.4. The third-order valence-electron chi connectivity index (χ3n) is 15.7. The zero-order valence-electron chi connectivity index (χ0n) is 41.4. The Morgan fingerprint density at radius 1 is 0.173 bits per heavy atom. The highest BCUT2D eigenvalue weighted by molar-refractivity contribution is 6.21. The van der Waals surface area contributed by atoms with Gasteiger partial charge in [-0.3, -0.25) is 0 Å². The van der Waals surface area contributed by atoms with E-state index in [-0.39, 0.29) is 0 Å². The molecule has 13 aromatic rings. The van der Waals surface area contributed by atoms with Crippen LogP contribution in [-0.2, 0) is 5.41 Å². The van der Waals surface area contributed by atoms with E-state index in [9.17, 15) is 0 Å². The van der Waals surface area contributed by atoms with Crippen LogP contribution in [0, 0.1) is 0 Å². The first-order valence-corrected chi connectivity index (χ1v) is 26.1. The van der Waals surface area contributed by atoms with Crippen molar-refractivity contribution in [3.8, 4) is 89.0 Å². The highest BCUT2D eigenvalue weighted by atomic mass is 14.5. The molecule has 0 radical (unpaired) electrons. The Balaban J connectivity index is 0.950. The Bertz CT molecular complexity index is 4120. The van der Waals surface area contributed by atoms with Gasteiger partial charge in [-0.05, 0) is 163 Å². The Morgan fingerprint density at radius 2 is 0.533 bits per heavy atom. The Morgan fingerprint density at radius 3 is 1.07 bits per heavy atom. The molecule has 0 spiro atoms. The van der Waals surface area contributed by atoms with Crippen molar-refractivity contribution in [2.24, 2.45) is 0 Å². The minimum Gasteiger partial charge on any atom is -0.0622 e. The van der Waals surface area contributed by atoms with Crippen molar-refractivity contribution in [2.45, 2.75) is 5.41 Å². The van der Waals surface area contributed by atoms with Gasteiger partial charge in [0.2, 0.25) is 0 Å². The molecule has 0 aliphatic heterocycles. The summed E-state index contributed by atoms with van der Waals surface area (Å²) in [5, 5.41) is 4.94. The molecule has 0 fully saturated rings. The lowest BCUT2D eigenvalue weighted by molar-refractivity contribution is 0.769. The average molecular weight is 951 g/mol. The van der Waals surface area contributed by atoms with E-state index in [0.29, 0.717) is 0 Å². The van der Waals surface area contributed by atoms with Crippen LogP contribution in [0.3, 0.4) is 0 Å². The van der Waals surface area contributed by atoms with Crippen LogP contribution < -0.4 is 0 Å². The van der Waals surface area contributed by atoms with Gasteiger partial charge in [-0.15, -0.1) is 0 Å². The second-order valence-corrected chi connectivity index (χ2v) is 19.9. The highest BCUT2D eigenvalue weighted by Crippen LogP contribution is 2.58. The van der Waals surface area contributed by atoms with Gasteiger partial charge < -0.3 is 0 Å². The van der Waals surface area contributed by atoms with E-state index in [2.05, 4.69) is 303 Å². The van der Waals surface area contributed by atoms with Crippen LogP contribution in [0.15, 0.2) is 303 Å². The second-order valence-electron chi connectivity index (χ2n) is 19.9. The zero-order chi connectivity index (χ0) is 49.7. The summed E-state index contributed by atoms with van der Waals surface area (Å²) in [7, 11) is 0. The van der Waals surface area contributed by atoms with Crippen molar-refractivity contribution >= 4 is 21.5 Å². The lowest BCUT2D eigenvalue weighted by atomic mass is 9.67. The van der Waals surface area contributed by atoms with Crippen molar-refractivity contribution in [1.82, 2.24) is 0 Å². The van der Waals surface area contributed by atoms with Crippen molar-refractivity contribution in [2.75, 3.05) is 0 Å². The molecular weight excluding hydrogens is 901 g/mol. The summed E-state index contributed by atoms with van der Waals surface area (Å²) in [6.45, 7) is 0. The normalized spacial score (nSPS) is 13.7. The molecule has 0 aromatic heterocycles. The van der Waals surface area contributed by atoms with E-state index < -0.39 is 5.41 Å². The third-order valence-corrected chi connectivity index (χ3v) is 15.7. The summed E-state index contributed by atoms with van der Waals surface area (Å²) in [4.78, 5) is 0. The lowest BCUT2D eigenvalue weighted by Crippen LogP contribution is -2.28. The summed E-state index contributed by atoms with van der Waals surface area (Å²) in [5.74, 6) is 0. The van der Waals surface area contributed by atoms with E-state index >= 15 is 0 Å². The maximum absolute atomic E-state index is 2.53. The van der Waals surface area contributed by atoms with E-state index in [1.54, 1.807) is 0 Å². The molecule has 1 aliphatic rings. The molecule has 1 unspecified atom stereocenters. The van der Waals surface area contributed by atoms with Gasteiger partial charge in [0.1, 0.15) is 0 Å². The third kappa shape index (κ3) is 7.53. The largest absolute Gasteiger partial charge is 0.0714 e. The standard InChI is InChI=1S/C75H50/c1-5-20-51(21-6-1)55-40-43-63(44-41-55)75(64-29-19-28-58(49-64)52-22-7-2-8-23-52)71-35-18-17-30-65(71)66-45-42-59(50-72(66)75)74-69-33-15-13-31-67(69)73(68-32-14-16-34-70(68)74)57-38-36-56(37-39-57)62-47-60(53-24-9-3-10-25-53)46-61(48-62)54-26-11-4-12-27-54/h1-50H. The first-order valence-electron chi connectivity index (χ1n) is 26.1. The van der Waals surface area contributed by atoms with Crippen LogP contribution in [0.25, 0.3) is 111 Å². The molecule has 0 amide bonds. The Hall–Kier alpha value is -9.62. The van der Waals surface area contributed by atoms with Gasteiger partial charge in [0.05, 0.1) is 5.41 Å². The summed E-state index contributed by atoms with van der Waals surface area (Å²) < 4.78 is 0. The SMILES string of the molecule is c1ccc(-c2ccc(C3(c4cccc(-c5ccccc5)c4)c4ccccc4-c4ccc(-c5c6ccccc6c(-c6ccc(-c7cc(-c8ccccc8)cc(-c8ccccc8)c7)cc6)c6ccccc56)cc43)cc2)cc1. The molecule has 350 valence electrons. The van der Waals surface area contributed by atoms with Gasteiger partial charge >= 0.3 is 0 Å². The molecule has 13 aromatic carbocycles. The summed E-state index contributed by atoms with van der Waals surface area (Å²) in [5.41, 5.74) is 23.9. The van der Waals surface area contributed by atoms with Crippen LogP contribution in [0.1, 0.15) is 22.3 Å². The van der Waals surface area contributed by atoms with Crippen LogP contribution >= 0.6 is 0 Å². The van der Waals surface area contributed by atoms with Crippen molar-refractivity contribution in [3.05, 3.63) is 326 Å². The molecule has 75 heavy (non-hydrogen) atoms. The maximum Gasteiger partial charge on any atom is 0.0714 e. The van der Waals surface area contributed by atoms with Crippen LogP contribution in [0.5, 0.6) is 0 Å². The van der Waals surface area contributed by atoms with E-state index in [1.807, 2.05) is 0 Å². The van der Waals surface area contributed by atoms with Gasteiger partial charge in [0.15, 0.2) is 0 Å². The van der Waals surface area contributed by atoms with Crippen LogP contribution in [0.2, 0.25) is 0 Å². The molecule has 0 bridgehead atoms. The first kappa shape index (κ1) is 44.1. The van der Waals surface area contributed by atoms with Crippen molar-refractivity contribution in [3.63, 3.8) is 0 Å². The molecular formula is C75H50. The molecule has 0 saturated carbocycles. The lowest BCUT2D eigenvalue weighted by Gasteiger charge is -2.34. The average Bonchev–Trinajstić information content (AvgIpc) is 3.90. The molecule has 14 rings (SSSR count). The smallest absolute Gasteiger partial charge is 0.0622 e. The predicted octanol–water partition coefficient (Wildman–Crippen LogP) is 20.0. The van der Waals surface area contributed by atoms with E-state index in [1.165, 1.54) is 133 Å². The molecule has 1 aliphatic carbocycles. The molecule has 0 heteroatoms. The van der Waals surface area contributed by atoms with E-state index in [4.69, 9.17) is 0 Å². The fraction of sp³-hybridized carbons (Fsp3) is 0.0133. The Kier molecular flexibility index (Phi) is 10.9. The van der Waals surface area contributed by atoms with Gasteiger partial charge in [-0.2, -0.15) is 0 Å². The second kappa shape index (κ2) is 18.5. The number of hydrogen-bond donors (Lipinski definition) is 0. The fourth-order valence-electron chi connectivity index (χ4n) is 12.3. The van der Waals surface area contributed by atoms with Crippen molar-refractivity contribution in [1.29, 1.82) is 0 Å². The topological polar surface area (TPSA) is 0 Å². The van der Waals surface area contributed by atoms with Gasteiger partial charge in [-0.25, -0.2) is 0 Å². The van der Waals surface area contributed by atoms with Crippen LogP contribution in [-0.4, -0.2) is 0 Å². The Labute approximate surface area is 439 Å². The highest BCUT2D eigenvalue weighted by Gasteiger charge is 2.46. The summed E-state index contributed by atoms with van der Waals surface area (Å²) >= 11 is 0. The predicted molar refractivity (Wildman–Crippen MR) is 317 cm³/mol. The number of fused-ring (bicyclic) bond motifs is 5. The van der Waals surface area contributed by atoms with Crippen LogP contribution in [0.4, 0.5) is 0 Å². The first-order chi connectivity index (χ1) is 37.2. The van der Waals surface area contributed by atoms with Crippen molar-refractivity contribution < 1.29 is 0 Å². The quantitative estimate of drug-likeness (QED) is 0.127. The van der Waals surface area contributed by atoms with Gasteiger partial charge in [0, 0.05) is 0 Å².